The van der Waals surface area contributed by atoms with Crippen LogP contribution in [0, 0.1) is 6.92 Å². The Kier molecular flexibility index (Phi) is 4.39. The van der Waals surface area contributed by atoms with Gasteiger partial charge in [0.2, 0.25) is 5.91 Å². The van der Waals surface area contributed by atoms with E-state index < -0.39 is 5.91 Å². The van der Waals surface area contributed by atoms with Crippen LogP contribution in [0.5, 0.6) is 0 Å². The number of nitrogens with two attached hydrogens (primary N) is 1. The van der Waals surface area contributed by atoms with Crippen molar-refractivity contribution in [1.29, 1.82) is 0 Å². The monoisotopic (exact) mass is 342 g/mol. The van der Waals surface area contributed by atoms with Crippen LogP contribution in [0.4, 0.5) is 5.13 Å². The van der Waals surface area contributed by atoms with E-state index in [1.807, 2.05) is 0 Å². The summed E-state index contributed by atoms with van der Waals surface area (Å²) in [5.41, 5.74) is 7.34. The number of nitrogens with zero attached hydrogens (tertiary/aromatic N) is 2. The van der Waals surface area contributed by atoms with Crippen molar-refractivity contribution in [2.75, 3.05) is 5.32 Å². The summed E-state index contributed by atoms with van der Waals surface area (Å²) < 4.78 is 5.30. The second-order valence-corrected chi connectivity index (χ2v) is 5.91. The van der Waals surface area contributed by atoms with Gasteiger partial charge in [-0.05, 0) is 31.2 Å². The van der Waals surface area contributed by atoms with Crippen LogP contribution < -0.4 is 11.1 Å². The zero-order valence-electron chi connectivity index (χ0n) is 12.8. The van der Waals surface area contributed by atoms with Crippen LogP contribution in [0.15, 0.2) is 40.3 Å². The van der Waals surface area contributed by atoms with Crippen LogP contribution in [0.2, 0.25) is 0 Å². The van der Waals surface area contributed by atoms with Gasteiger partial charge in [-0.15, -0.1) is 11.3 Å². The molecule has 0 bridgehead atoms. The second-order valence-electron chi connectivity index (χ2n) is 5.05. The highest BCUT2D eigenvalue weighted by atomic mass is 32.1. The standard InChI is InChI=1S/C16H14N4O3S/c1-9-11(4-5-12(18-9)13-3-2-6-23-13)15(22)20-16-19-10(8-24-16)7-14(17)21/h2-6,8H,7H2,1H3,(H2,17,21)(H,19,20,22). The summed E-state index contributed by atoms with van der Waals surface area (Å²) in [7, 11) is 0. The third-order valence-electron chi connectivity index (χ3n) is 3.23. The molecule has 0 radical (unpaired) electrons. The molecular weight excluding hydrogens is 328 g/mol. The summed E-state index contributed by atoms with van der Waals surface area (Å²) in [6, 6.07) is 6.99. The summed E-state index contributed by atoms with van der Waals surface area (Å²) in [6.45, 7) is 1.75. The zero-order valence-corrected chi connectivity index (χ0v) is 13.6. The van der Waals surface area contributed by atoms with Gasteiger partial charge in [0.15, 0.2) is 10.9 Å². The van der Waals surface area contributed by atoms with Crippen molar-refractivity contribution >= 4 is 28.3 Å². The molecule has 0 atom stereocenters. The van der Waals surface area contributed by atoms with Crippen molar-refractivity contribution in [3.05, 3.63) is 52.9 Å². The summed E-state index contributed by atoms with van der Waals surface area (Å²) in [5, 5.41) is 4.79. The fourth-order valence-electron chi connectivity index (χ4n) is 2.15. The third-order valence-corrected chi connectivity index (χ3v) is 4.04. The van der Waals surface area contributed by atoms with Gasteiger partial charge in [-0.25, -0.2) is 9.97 Å². The molecule has 0 aromatic carbocycles. The van der Waals surface area contributed by atoms with Gasteiger partial charge in [-0.3, -0.25) is 14.9 Å². The minimum Gasteiger partial charge on any atom is -0.463 e. The van der Waals surface area contributed by atoms with E-state index in [0.29, 0.717) is 33.5 Å². The molecule has 122 valence electrons. The van der Waals surface area contributed by atoms with Gasteiger partial charge in [0.1, 0.15) is 5.69 Å². The van der Waals surface area contributed by atoms with Crippen molar-refractivity contribution < 1.29 is 14.0 Å². The fourth-order valence-corrected chi connectivity index (χ4v) is 2.86. The SMILES string of the molecule is Cc1nc(-c2ccco2)ccc1C(=O)Nc1nc(CC(N)=O)cs1. The molecular formula is C16H14N4O3S. The van der Waals surface area contributed by atoms with Gasteiger partial charge in [0, 0.05) is 5.38 Å². The first-order valence-electron chi connectivity index (χ1n) is 7.08. The van der Waals surface area contributed by atoms with Crippen LogP contribution in [0.1, 0.15) is 21.7 Å². The summed E-state index contributed by atoms with van der Waals surface area (Å²) in [4.78, 5) is 31.8. The quantitative estimate of drug-likeness (QED) is 0.739. The van der Waals surface area contributed by atoms with Crippen LogP contribution in [0.25, 0.3) is 11.5 Å². The van der Waals surface area contributed by atoms with Crippen LogP contribution >= 0.6 is 11.3 Å². The zero-order chi connectivity index (χ0) is 17.1. The Morgan fingerprint density at radius 3 is 2.79 bits per heavy atom. The largest absolute Gasteiger partial charge is 0.463 e. The van der Waals surface area contributed by atoms with Gasteiger partial charge < -0.3 is 10.2 Å². The van der Waals surface area contributed by atoms with E-state index in [1.54, 1.807) is 42.8 Å². The maximum absolute atomic E-state index is 12.4. The summed E-state index contributed by atoms with van der Waals surface area (Å²) in [6.07, 6.45) is 1.61. The molecule has 3 heterocycles. The van der Waals surface area contributed by atoms with Gasteiger partial charge in [-0.2, -0.15) is 0 Å². The maximum atomic E-state index is 12.4. The van der Waals surface area contributed by atoms with Crippen molar-refractivity contribution in [3.63, 3.8) is 0 Å². The molecule has 3 aromatic heterocycles. The fraction of sp³-hybridized carbons (Fsp3) is 0.125. The number of thiazole rings is 1. The Hall–Kier alpha value is -3.00. The van der Waals surface area contributed by atoms with Crippen LogP contribution in [-0.2, 0) is 11.2 Å². The van der Waals surface area contributed by atoms with Gasteiger partial charge in [-0.1, -0.05) is 0 Å². The number of carbonyl (C=O) groups excluding carboxylic acids is 2. The molecule has 0 aliphatic carbocycles. The van der Waals surface area contributed by atoms with E-state index >= 15 is 0 Å². The number of furan rings is 1. The van der Waals surface area contributed by atoms with E-state index in [0.717, 1.165) is 0 Å². The molecule has 0 unspecified atom stereocenters. The number of aryl methyl sites for hydroxylation is 1. The first-order chi connectivity index (χ1) is 11.5. The lowest BCUT2D eigenvalue weighted by Crippen LogP contribution is -2.15. The Labute approximate surface area is 141 Å². The Balaban J connectivity index is 1.75. The van der Waals surface area contributed by atoms with Gasteiger partial charge >= 0.3 is 0 Å². The normalized spacial score (nSPS) is 10.5. The summed E-state index contributed by atoms with van der Waals surface area (Å²) in [5.74, 6) is -0.140. The first kappa shape index (κ1) is 15.9. The van der Waals surface area contributed by atoms with Gasteiger partial charge in [0.05, 0.1) is 29.6 Å². The number of hydrogen-bond donors (Lipinski definition) is 2. The van der Waals surface area contributed by atoms with E-state index in [-0.39, 0.29) is 12.3 Å². The maximum Gasteiger partial charge on any atom is 0.259 e. The van der Waals surface area contributed by atoms with Crippen molar-refractivity contribution in [3.8, 4) is 11.5 Å². The molecule has 0 fully saturated rings. The average Bonchev–Trinajstić information content (AvgIpc) is 3.18. The highest BCUT2D eigenvalue weighted by Gasteiger charge is 2.14. The van der Waals surface area contributed by atoms with Crippen molar-refractivity contribution in [1.82, 2.24) is 9.97 Å². The highest BCUT2D eigenvalue weighted by molar-refractivity contribution is 7.14. The molecule has 3 aromatic rings. The third kappa shape index (κ3) is 3.49. The van der Waals surface area contributed by atoms with Gasteiger partial charge in [0.25, 0.3) is 5.91 Å². The van der Waals surface area contributed by atoms with E-state index in [2.05, 4.69) is 15.3 Å². The molecule has 3 rings (SSSR count). The number of pyridine rings is 1. The van der Waals surface area contributed by atoms with Crippen molar-refractivity contribution in [2.24, 2.45) is 5.73 Å². The predicted molar refractivity (Wildman–Crippen MR) is 89.6 cm³/mol. The Bertz CT molecular complexity index is 887. The number of nitrogens with one attached hydrogen (secondary N) is 1. The van der Waals surface area contributed by atoms with E-state index in [9.17, 15) is 9.59 Å². The molecule has 2 amide bonds. The average molecular weight is 342 g/mol. The minimum absolute atomic E-state index is 0.0464. The molecule has 0 spiro atoms. The molecule has 3 N–H and O–H groups in total. The smallest absolute Gasteiger partial charge is 0.259 e. The highest BCUT2D eigenvalue weighted by Crippen LogP contribution is 2.21. The Morgan fingerprint density at radius 2 is 2.12 bits per heavy atom. The molecule has 0 aliphatic rings. The molecule has 8 heteroatoms. The molecule has 0 aliphatic heterocycles. The number of rotatable bonds is 5. The lowest BCUT2D eigenvalue weighted by molar-refractivity contribution is -0.117. The molecule has 0 saturated carbocycles. The predicted octanol–water partition coefficient (Wildman–Crippen LogP) is 2.39. The number of carbonyl (C=O) groups is 2. The molecule has 7 nitrogen and oxygen atoms in total. The number of primary amides is 1. The molecule has 0 saturated heterocycles. The Morgan fingerprint density at radius 1 is 1.29 bits per heavy atom. The topological polar surface area (TPSA) is 111 Å². The lowest BCUT2D eigenvalue weighted by Gasteiger charge is -2.06. The van der Waals surface area contributed by atoms with E-state index in [1.165, 1.54) is 11.3 Å². The van der Waals surface area contributed by atoms with Crippen molar-refractivity contribution in [2.45, 2.75) is 13.3 Å². The number of amides is 2. The lowest BCUT2D eigenvalue weighted by atomic mass is 10.1. The van der Waals surface area contributed by atoms with Crippen LogP contribution in [0.3, 0.4) is 0 Å². The van der Waals surface area contributed by atoms with Crippen LogP contribution in [-0.4, -0.2) is 21.8 Å². The molecule has 24 heavy (non-hydrogen) atoms. The number of anilines is 1. The minimum atomic E-state index is -0.466. The second kappa shape index (κ2) is 6.63. The van der Waals surface area contributed by atoms with E-state index in [4.69, 9.17) is 10.2 Å². The number of aromatic nitrogens is 2. The summed E-state index contributed by atoms with van der Waals surface area (Å²) >= 11 is 1.24. The first-order valence-corrected chi connectivity index (χ1v) is 7.96. The number of hydrogen-bond acceptors (Lipinski definition) is 6.